The van der Waals surface area contributed by atoms with Gasteiger partial charge < -0.3 is 9.84 Å². The minimum Gasteiger partial charge on any atom is -0.390 e. The van der Waals surface area contributed by atoms with Crippen LogP contribution in [0.3, 0.4) is 0 Å². The summed E-state index contributed by atoms with van der Waals surface area (Å²) in [5, 5.41) is 9.90. The van der Waals surface area contributed by atoms with Gasteiger partial charge >= 0.3 is 0 Å². The topological polar surface area (TPSA) is 35.9 Å². The first kappa shape index (κ1) is 13.5. The van der Waals surface area contributed by atoms with Gasteiger partial charge in [0.05, 0.1) is 25.9 Å². The van der Waals surface area contributed by atoms with Crippen LogP contribution in [0.1, 0.15) is 6.92 Å². The predicted molar refractivity (Wildman–Crippen MR) is 64.2 cm³/mol. The van der Waals surface area contributed by atoms with Crippen LogP contribution in [-0.2, 0) is 4.74 Å². The summed E-state index contributed by atoms with van der Waals surface area (Å²) in [4.78, 5) is 4.29. The van der Waals surface area contributed by atoms with Crippen LogP contribution in [0, 0.1) is 11.8 Å². The average molecular weight is 226 g/mol. The lowest BCUT2D eigenvalue weighted by Gasteiger charge is -2.29. The van der Waals surface area contributed by atoms with Crippen LogP contribution in [0.2, 0.25) is 0 Å². The Labute approximate surface area is 98.2 Å². The molecule has 0 aromatic rings. The zero-order chi connectivity index (χ0) is 11.8. The molecule has 4 heteroatoms. The van der Waals surface area contributed by atoms with Crippen molar-refractivity contribution in [3.63, 3.8) is 0 Å². The Kier molecular flexibility index (Phi) is 6.43. The van der Waals surface area contributed by atoms with Gasteiger partial charge in [-0.15, -0.1) is 5.92 Å². The fraction of sp³-hybridized carbons (Fsp3) is 0.833. The summed E-state index contributed by atoms with van der Waals surface area (Å²) in [6, 6.07) is 0. The van der Waals surface area contributed by atoms with Crippen molar-refractivity contribution in [2.75, 3.05) is 53.0 Å². The molecule has 0 bridgehead atoms. The number of aliphatic hydroxyl groups is 1. The lowest BCUT2D eigenvalue weighted by Crippen LogP contribution is -2.44. The molecule has 1 atom stereocenters. The summed E-state index contributed by atoms with van der Waals surface area (Å²) >= 11 is 0. The van der Waals surface area contributed by atoms with Gasteiger partial charge in [0.2, 0.25) is 0 Å². The number of hydrogen-bond donors (Lipinski definition) is 1. The Morgan fingerprint density at radius 2 is 2.12 bits per heavy atom. The van der Waals surface area contributed by atoms with Crippen LogP contribution in [0.15, 0.2) is 0 Å². The molecule has 1 N–H and O–H groups in total. The molecule has 1 aliphatic heterocycles. The van der Waals surface area contributed by atoms with E-state index in [0.29, 0.717) is 6.54 Å². The number of β-amino-alcohol motifs (C(OH)–C–C–N with tert-alkyl or cyclic N) is 1. The molecule has 92 valence electrons. The molecule has 0 aromatic heterocycles. The largest absolute Gasteiger partial charge is 0.390 e. The van der Waals surface area contributed by atoms with Gasteiger partial charge in [-0.3, -0.25) is 9.80 Å². The zero-order valence-corrected chi connectivity index (χ0v) is 10.3. The van der Waals surface area contributed by atoms with Crippen LogP contribution in [0.25, 0.3) is 0 Å². The first-order valence-electron chi connectivity index (χ1n) is 5.78. The number of aliphatic hydroxyl groups excluding tert-OH is 1. The maximum absolute atomic E-state index is 9.90. The summed E-state index contributed by atoms with van der Waals surface area (Å²) in [7, 11) is 1.98. The Hall–Kier alpha value is -0.600. The van der Waals surface area contributed by atoms with Crippen LogP contribution < -0.4 is 0 Å². The molecule has 1 saturated heterocycles. The third-order valence-electron chi connectivity index (χ3n) is 2.62. The Morgan fingerprint density at radius 1 is 1.44 bits per heavy atom. The smallest absolute Gasteiger partial charge is 0.0794 e. The molecule has 0 aromatic carbocycles. The molecule has 1 unspecified atom stereocenters. The van der Waals surface area contributed by atoms with E-state index in [-0.39, 0.29) is 6.10 Å². The number of nitrogens with zero attached hydrogens (tertiary/aromatic N) is 2. The van der Waals surface area contributed by atoms with Gasteiger partial charge in [-0.05, 0) is 14.0 Å². The molecule has 0 radical (unpaired) electrons. The van der Waals surface area contributed by atoms with E-state index in [1.807, 2.05) is 18.9 Å². The van der Waals surface area contributed by atoms with Crippen molar-refractivity contribution in [2.24, 2.45) is 0 Å². The van der Waals surface area contributed by atoms with Gasteiger partial charge in [0.15, 0.2) is 0 Å². The fourth-order valence-electron chi connectivity index (χ4n) is 1.78. The maximum atomic E-state index is 9.90. The van der Waals surface area contributed by atoms with Crippen LogP contribution in [0.5, 0.6) is 0 Å². The molecule has 4 nitrogen and oxygen atoms in total. The monoisotopic (exact) mass is 226 g/mol. The van der Waals surface area contributed by atoms with Crippen molar-refractivity contribution in [1.29, 1.82) is 0 Å². The molecule has 1 fully saturated rings. The van der Waals surface area contributed by atoms with E-state index >= 15 is 0 Å². The standard InChI is InChI=1S/C12H22N2O2/c1-3-4-5-13(2)10-12(15)11-14-6-8-16-9-7-14/h12,15H,5-11H2,1-2H3. The lowest BCUT2D eigenvalue weighted by molar-refractivity contribution is 0.00946. The summed E-state index contributed by atoms with van der Waals surface area (Å²) in [6.07, 6.45) is -0.304. The summed E-state index contributed by atoms with van der Waals surface area (Å²) in [6.45, 7) is 7.37. The minimum absolute atomic E-state index is 0.304. The molecule has 1 rings (SSSR count). The van der Waals surface area contributed by atoms with Gasteiger partial charge in [0, 0.05) is 26.2 Å². The first-order valence-corrected chi connectivity index (χ1v) is 5.78. The third kappa shape index (κ3) is 5.47. The van der Waals surface area contributed by atoms with E-state index in [1.54, 1.807) is 0 Å². The second-order valence-corrected chi connectivity index (χ2v) is 4.19. The highest BCUT2D eigenvalue weighted by Gasteiger charge is 2.15. The van der Waals surface area contributed by atoms with E-state index in [4.69, 9.17) is 4.74 Å². The van der Waals surface area contributed by atoms with Crippen molar-refractivity contribution in [3.05, 3.63) is 0 Å². The average Bonchev–Trinajstić information content (AvgIpc) is 2.27. The second kappa shape index (κ2) is 7.64. The summed E-state index contributed by atoms with van der Waals surface area (Å²) < 4.78 is 5.26. The zero-order valence-electron chi connectivity index (χ0n) is 10.3. The first-order chi connectivity index (χ1) is 7.72. The molecule has 1 aliphatic rings. The van der Waals surface area contributed by atoms with Crippen LogP contribution in [0.4, 0.5) is 0 Å². The van der Waals surface area contributed by atoms with Gasteiger partial charge in [-0.25, -0.2) is 0 Å². The minimum atomic E-state index is -0.304. The Balaban J connectivity index is 2.17. The van der Waals surface area contributed by atoms with Crippen molar-refractivity contribution >= 4 is 0 Å². The maximum Gasteiger partial charge on any atom is 0.0794 e. The highest BCUT2D eigenvalue weighted by molar-refractivity contribution is 4.97. The van der Waals surface area contributed by atoms with Gasteiger partial charge in [-0.1, -0.05) is 5.92 Å². The number of likely N-dealkylation sites (N-methyl/N-ethyl adjacent to an activating group) is 1. The molecule has 0 saturated carbocycles. The van der Waals surface area contributed by atoms with E-state index in [2.05, 4.69) is 16.7 Å². The predicted octanol–water partition coefficient (Wildman–Crippen LogP) is -0.365. The molecule has 16 heavy (non-hydrogen) atoms. The normalized spacial score (nSPS) is 19.2. The van der Waals surface area contributed by atoms with E-state index in [0.717, 1.165) is 39.4 Å². The quantitative estimate of drug-likeness (QED) is 0.649. The van der Waals surface area contributed by atoms with E-state index in [1.165, 1.54) is 0 Å². The van der Waals surface area contributed by atoms with Crippen molar-refractivity contribution in [3.8, 4) is 11.8 Å². The Morgan fingerprint density at radius 3 is 2.75 bits per heavy atom. The molecular formula is C12H22N2O2. The summed E-state index contributed by atoms with van der Waals surface area (Å²) in [5.74, 6) is 5.84. The Bertz CT molecular complexity index is 241. The number of hydrogen-bond acceptors (Lipinski definition) is 4. The van der Waals surface area contributed by atoms with Gasteiger partial charge in [0.1, 0.15) is 0 Å². The highest BCUT2D eigenvalue weighted by atomic mass is 16.5. The van der Waals surface area contributed by atoms with Crippen LogP contribution in [-0.4, -0.2) is 74.0 Å². The third-order valence-corrected chi connectivity index (χ3v) is 2.62. The van der Waals surface area contributed by atoms with Crippen molar-refractivity contribution in [1.82, 2.24) is 9.80 Å². The SMILES string of the molecule is CC#CCN(C)CC(O)CN1CCOCC1. The fourth-order valence-corrected chi connectivity index (χ4v) is 1.78. The van der Waals surface area contributed by atoms with Gasteiger partial charge in [0.25, 0.3) is 0 Å². The second-order valence-electron chi connectivity index (χ2n) is 4.19. The van der Waals surface area contributed by atoms with E-state index in [9.17, 15) is 5.11 Å². The summed E-state index contributed by atoms with van der Waals surface area (Å²) in [5.41, 5.74) is 0. The number of morpholine rings is 1. The van der Waals surface area contributed by atoms with Crippen molar-refractivity contribution < 1.29 is 9.84 Å². The molecular weight excluding hydrogens is 204 g/mol. The molecule has 0 amide bonds. The molecule has 0 aliphatic carbocycles. The number of ether oxygens (including phenoxy) is 1. The highest BCUT2D eigenvalue weighted by Crippen LogP contribution is 1.99. The number of rotatable bonds is 5. The van der Waals surface area contributed by atoms with Gasteiger partial charge in [-0.2, -0.15) is 0 Å². The van der Waals surface area contributed by atoms with Crippen LogP contribution >= 0.6 is 0 Å². The van der Waals surface area contributed by atoms with E-state index < -0.39 is 0 Å². The van der Waals surface area contributed by atoms with Crippen molar-refractivity contribution in [2.45, 2.75) is 13.0 Å². The molecule has 0 spiro atoms. The lowest BCUT2D eigenvalue weighted by atomic mass is 10.3. The molecule has 1 heterocycles.